The molecule has 2 aliphatic heterocycles. The number of aromatic nitrogens is 1. The quantitative estimate of drug-likeness (QED) is 0.499. The van der Waals surface area contributed by atoms with Crippen molar-refractivity contribution in [3.8, 4) is 0 Å². The molecule has 0 saturated carbocycles. The zero-order valence-corrected chi connectivity index (χ0v) is 21.7. The topological polar surface area (TPSA) is 65.5 Å². The van der Waals surface area contributed by atoms with Crippen LogP contribution in [0, 0.1) is 37.3 Å². The van der Waals surface area contributed by atoms with E-state index in [9.17, 15) is 18.4 Å². The number of fused-ring (bicyclic) bond motifs is 1. The summed E-state index contributed by atoms with van der Waals surface area (Å²) in [5, 5.41) is 3.01. The molecule has 0 spiro atoms. The van der Waals surface area contributed by atoms with Crippen LogP contribution in [0.4, 0.5) is 8.78 Å². The van der Waals surface area contributed by atoms with Gasteiger partial charge in [-0.15, -0.1) is 0 Å². The molecule has 2 unspecified atom stereocenters. The molecule has 1 N–H and O–H groups in total. The summed E-state index contributed by atoms with van der Waals surface area (Å²) in [4.78, 5) is 34.8. The lowest BCUT2D eigenvalue weighted by Gasteiger charge is -2.25. The van der Waals surface area contributed by atoms with Crippen molar-refractivity contribution in [1.29, 1.82) is 0 Å². The third-order valence-corrected chi connectivity index (χ3v) is 7.83. The maximum absolute atomic E-state index is 13.7. The lowest BCUT2D eigenvalue weighted by Crippen LogP contribution is -2.35. The van der Waals surface area contributed by atoms with Gasteiger partial charge in [-0.25, -0.2) is 8.78 Å². The van der Waals surface area contributed by atoms with E-state index in [0.717, 1.165) is 61.7 Å². The number of halogens is 2. The van der Waals surface area contributed by atoms with E-state index in [-0.39, 0.29) is 17.5 Å². The fourth-order valence-electron chi connectivity index (χ4n) is 5.81. The van der Waals surface area contributed by atoms with Crippen LogP contribution in [-0.4, -0.2) is 59.3 Å². The number of hydrogen-bond acceptors (Lipinski definition) is 4. The molecular formula is C30H32F2N4O2. The molecule has 0 bridgehead atoms. The van der Waals surface area contributed by atoms with Gasteiger partial charge in [0.2, 0.25) is 0 Å². The van der Waals surface area contributed by atoms with Gasteiger partial charge >= 0.3 is 0 Å². The molecule has 38 heavy (non-hydrogen) atoms. The molecule has 3 heterocycles. The average molecular weight is 519 g/mol. The van der Waals surface area contributed by atoms with Crippen LogP contribution in [0.2, 0.25) is 0 Å². The highest BCUT2D eigenvalue weighted by Crippen LogP contribution is 2.33. The predicted molar refractivity (Wildman–Crippen MR) is 141 cm³/mol. The molecular weight excluding hydrogens is 486 g/mol. The standard InChI is InChI=1S/C30H32F2N4O2/c1-19-10-12-33-20(2)28(19)30(38)36-17-23-15-35(16-24(23)18-36)13-11-27(21-6-4-3-5-7-21)34-29(37)22-8-9-25(31)26(32)14-22/h3-10,12,14,23-24,27H,11,13,15-18H2,1-2H3,(H,34,37)/t23?,24?,27-/m0/s1. The van der Waals surface area contributed by atoms with Crippen molar-refractivity contribution < 1.29 is 18.4 Å². The molecule has 5 rings (SSSR count). The Labute approximate surface area is 221 Å². The van der Waals surface area contributed by atoms with Crippen LogP contribution in [0.25, 0.3) is 0 Å². The molecule has 0 aliphatic carbocycles. The number of benzene rings is 2. The van der Waals surface area contributed by atoms with Gasteiger partial charge in [0.1, 0.15) is 0 Å². The fourth-order valence-corrected chi connectivity index (χ4v) is 5.81. The second-order valence-electron chi connectivity index (χ2n) is 10.4. The minimum absolute atomic E-state index is 0.0677. The highest BCUT2D eigenvalue weighted by molar-refractivity contribution is 5.97. The summed E-state index contributed by atoms with van der Waals surface area (Å²) < 4.78 is 27.0. The highest BCUT2D eigenvalue weighted by Gasteiger charge is 2.42. The van der Waals surface area contributed by atoms with Crippen LogP contribution in [-0.2, 0) is 0 Å². The van der Waals surface area contributed by atoms with Crippen molar-refractivity contribution in [2.75, 3.05) is 32.7 Å². The van der Waals surface area contributed by atoms with E-state index in [4.69, 9.17) is 0 Å². The van der Waals surface area contributed by atoms with Gasteiger partial charge in [-0.1, -0.05) is 30.3 Å². The molecule has 2 aromatic carbocycles. The van der Waals surface area contributed by atoms with Gasteiger partial charge in [0, 0.05) is 44.5 Å². The number of carbonyl (C=O) groups excluding carboxylic acids is 2. The monoisotopic (exact) mass is 518 g/mol. The summed E-state index contributed by atoms with van der Waals surface area (Å²) in [5.41, 5.74) is 3.49. The summed E-state index contributed by atoms with van der Waals surface area (Å²) in [6, 6.07) is 14.5. The van der Waals surface area contributed by atoms with Crippen molar-refractivity contribution in [2.24, 2.45) is 11.8 Å². The zero-order chi connectivity index (χ0) is 26.8. The molecule has 198 valence electrons. The van der Waals surface area contributed by atoms with Gasteiger partial charge in [-0.05, 0) is 67.5 Å². The minimum atomic E-state index is -1.04. The molecule has 2 aliphatic rings. The van der Waals surface area contributed by atoms with Crippen LogP contribution in [0.15, 0.2) is 60.8 Å². The number of amides is 2. The predicted octanol–water partition coefficient (Wildman–Crippen LogP) is 4.54. The first-order valence-electron chi connectivity index (χ1n) is 13.0. The van der Waals surface area contributed by atoms with E-state index in [0.29, 0.717) is 23.8 Å². The minimum Gasteiger partial charge on any atom is -0.345 e. The number of aryl methyl sites for hydroxylation is 2. The number of pyridine rings is 1. The summed E-state index contributed by atoms with van der Waals surface area (Å²) in [6.07, 6.45) is 2.41. The van der Waals surface area contributed by atoms with Crippen molar-refractivity contribution in [3.63, 3.8) is 0 Å². The number of nitrogens with zero attached hydrogens (tertiary/aromatic N) is 3. The maximum Gasteiger partial charge on any atom is 0.255 e. The van der Waals surface area contributed by atoms with Gasteiger partial charge in [0.25, 0.3) is 11.8 Å². The highest BCUT2D eigenvalue weighted by atomic mass is 19.2. The van der Waals surface area contributed by atoms with Gasteiger partial charge in [0.15, 0.2) is 11.6 Å². The lowest BCUT2D eigenvalue weighted by atomic mass is 10.0. The second-order valence-corrected chi connectivity index (χ2v) is 10.4. The first kappa shape index (κ1) is 26.0. The average Bonchev–Trinajstić information content (AvgIpc) is 3.47. The Hall–Kier alpha value is -3.65. The van der Waals surface area contributed by atoms with Crippen LogP contribution in [0.3, 0.4) is 0 Å². The van der Waals surface area contributed by atoms with E-state index in [2.05, 4.69) is 15.2 Å². The molecule has 3 atom stereocenters. The van der Waals surface area contributed by atoms with E-state index in [1.54, 1.807) is 6.20 Å². The molecule has 3 aromatic rings. The summed E-state index contributed by atoms with van der Waals surface area (Å²) >= 11 is 0. The first-order valence-corrected chi connectivity index (χ1v) is 13.0. The SMILES string of the molecule is Cc1ccnc(C)c1C(=O)N1CC2CN(CC[C@H](NC(=O)c3ccc(F)c(F)c3)c3ccccc3)CC2C1. The Morgan fingerprint density at radius 1 is 0.974 bits per heavy atom. The molecule has 2 fully saturated rings. The molecule has 2 amide bonds. The second kappa shape index (κ2) is 11.0. The zero-order valence-electron chi connectivity index (χ0n) is 21.7. The van der Waals surface area contributed by atoms with Crippen LogP contribution < -0.4 is 5.32 Å². The van der Waals surface area contributed by atoms with E-state index < -0.39 is 17.5 Å². The number of nitrogens with one attached hydrogen (secondary N) is 1. The fraction of sp³-hybridized carbons (Fsp3) is 0.367. The van der Waals surface area contributed by atoms with Gasteiger partial charge in [-0.2, -0.15) is 0 Å². The lowest BCUT2D eigenvalue weighted by molar-refractivity contribution is 0.0772. The van der Waals surface area contributed by atoms with Crippen molar-refractivity contribution >= 4 is 11.8 Å². The molecule has 2 saturated heterocycles. The van der Waals surface area contributed by atoms with Crippen molar-refractivity contribution in [2.45, 2.75) is 26.3 Å². The molecule has 1 aromatic heterocycles. The van der Waals surface area contributed by atoms with Crippen LogP contribution >= 0.6 is 0 Å². The van der Waals surface area contributed by atoms with E-state index in [1.165, 1.54) is 6.07 Å². The van der Waals surface area contributed by atoms with E-state index in [1.807, 2.05) is 55.1 Å². The third kappa shape index (κ3) is 5.45. The largest absolute Gasteiger partial charge is 0.345 e. The van der Waals surface area contributed by atoms with E-state index >= 15 is 0 Å². The molecule has 8 heteroatoms. The Kier molecular flexibility index (Phi) is 7.51. The first-order chi connectivity index (χ1) is 18.3. The number of likely N-dealkylation sites (tertiary alicyclic amines) is 2. The van der Waals surface area contributed by atoms with Crippen molar-refractivity contribution in [3.05, 3.63) is 100 Å². The maximum atomic E-state index is 13.7. The Morgan fingerprint density at radius 3 is 2.34 bits per heavy atom. The summed E-state index contributed by atoms with van der Waals surface area (Å²) in [7, 11) is 0. The van der Waals surface area contributed by atoms with Gasteiger partial charge < -0.3 is 15.1 Å². The summed E-state index contributed by atoms with van der Waals surface area (Å²) in [6.45, 7) is 7.89. The Bertz CT molecular complexity index is 1300. The number of carbonyl (C=O) groups is 2. The Balaban J connectivity index is 1.20. The molecule has 0 radical (unpaired) electrons. The molecule has 6 nitrogen and oxygen atoms in total. The Morgan fingerprint density at radius 2 is 1.68 bits per heavy atom. The van der Waals surface area contributed by atoms with Crippen LogP contribution in [0.5, 0.6) is 0 Å². The van der Waals surface area contributed by atoms with Gasteiger partial charge in [0.05, 0.1) is 17.3 Å². The smallest absolute Gasteiger partial charge is 0.255 e. The van der Waals surface area contributed by atoms with Crippen molar-refractivity contribution in [1.82, 2.24) is 20.1 Å². The van der Waals surface area contributed by atoms with Crippen LogP contribution in [0.1, 0.15) is 50.0 Å². The van der Waals surface area contributed by atoms with Gasteiger partial charge in [-0.3, -0.25) is 14.6 Å². The number of hydrogen-bond donors (Lipinski definition) is 1. The summed E-state index contributed by atoms with van der Waals surface area (Å²) in [5.74, 6) is -1.55. The third-order valence-electron chi connectivity index (χ3n) is 7.83. The number of rotatable bonds is 7. The normalized spacial score (nSPS) is 19.8.